The quantitative estimate of drug-likeness (QED) is 0.461. The Hall–Kier alpha value is -1.12. The fourth-order valence-corrected chi connectivity index (χ4v) is 2.29. The van der Waals surface area contributed by atoms with E-state index < -0.39 is 10.1 Å². The summed E-state index contributed by atoms with van der Waals surface area (Å²) in [4.78, 5) is 7.90. The molecule has 1 N–H and O–H groups in total. The Balaban J connectivity index is 2.72. The summed E-state index contributed by atoms with van der Waals surface area (Å²) in [5.74, 6) is 0.00735. The average molecular weight is 311 g/mol. The molecule has 0 unspecified atom stereocenters. The lowest BCUT2D eigenvalue weighted by Gasteiger charge is -2.09. The highest BCUT2D eigenvalue weighted by molar-refractivity contribution is 7.85. The number of nitrogens with zero attached hydrogens (tertiary/aromatic N) is 2. The van der Waals surface area contributed by atoms with Crippen LogP contribution < -0.4 is 9.47 Å². The summed E-state index contributed by atoms with van der Waals surface area (Å²) in [5.41, 5.74) is 0.584. The number of halogens is 1. The molecule has 108 valence electrons. The Labute approximate surface area is 116 Å². The third kappa shape index (κ3) is 5.17. The van der Waals surface area contributed by atoms with Crippen molar-refractivity contribution in [3.8, 4) is 11.9 Å². The smallest absolute Gasteiger partial charge is 0.320 e. The highest BCUT2D eigenvalue weighted by Gasteiger charge is 2.14. The number of rotatable bonds is 7. The molecule has 0 bridgehead atoms. The molecule has 1 rings (SSSR count). The molecule has 0 saturated heterocycles. The van der Waals surface area contributed by atoms with Crippen molar-refractivity contribution in [1.82, 2.24) is 9.97 Å². The van der Waals surface area contributed by atoms with E-state index in [4.69, 9.17) is 25.6 Å². The molecule has 0 aliphatic carbocycles. The lowest BCUT2D eigenvalue weighted by atomic mass is 10.1. The first-order valence-corrected chi connectivity index (χ1v) is 7.45. The molecular weight excluding hydrogens is 296 g/mol. The molecule has 0 saturated carbocycles. The Bertz CT molecular complexity index is 535. The fraction of sp³-hybridized carbons (Fsp3) is 0.600. The maximum atomic E-state index is 10.6. The highest BCUT2D eigenvalue weighted by Crippen LogP contribution is 2.27. The Morgan fingerprint density at radius 3 is 2.42 bits per heavy atom. The Morgan fingerprint density at radius 1 is 1.21 bits per heavy atom. The minimum Gasteiger partial charge on any atom is -0.481 e. The van der Waals surface area contributed by atoms with Crippen molar-refractivity contribution in [3.05, 3.63) is 10.7 Å². The summed E-state index contributed by atoms with van der Waals surface area (Å²) in [6, 6.07) is 0.100. The Morgan fingerprint density at radius 2 is 1.89 bits per heavy atom. The van der Waals surface area contributed by atoms with Crippen LogP contribution in [-0.4, -0.2) is 42.9 Å². The molecule has 0 aromatic carbocycles. The zero-order valence-corrected chi connectivity index (χ0v) is 12.2. The van der Waals surface area contributed by atoms with Crippen molar-refractivity contribution >= 4 is 21.7 Å². The molecule has 7 nitrogen and oxygen atoms in total. The maximum Gasteiger partial charge on any atom is 0.320 e. The van der Waals surface area contributed by atoms with Crippen LogP contribution in [-0.2, 0) is 16.5 Å². The summed E-state index contributed by atoms with van der Waals surface area (Å²) >= 11 is 5.98. The minimum absolute atomic E-state index is 0.100. The van der Waals surface area contributed by atoms with Crippen molar-refractivity contribution < 1.29 is 22.4 Å². The van der Waals surface area contributed by atoms with Crippen LogP contribution in [0, 0.1) is 0 Å². The molecule has 1 heterocycles. The van der Waals surface area contributed by atoms with Gasteiger partial charge in [0.25, 0.3) is 10.1 Å². The van der Waals surface area contributed by atoms with Gasteiger partial charge in [-0.05, 0) is 19.3 Å². The second-order valence-electron chi connectivity index (χ2n) is 3.73. The SMILES string of the molecule is COc1nc(Cl)c(CCCCS(=O)(=O)O)c(OC)n1. The van der Waals surface area contributed by atoms with Gasteiger partial charge in [0.05, 0.1) is 25.5 Å². The topological polar surface area (TPSA) is 98.6 Å². The molecule has 0 aliphatic heterocycles. The third-order valence-corrected chi connectivity index (χ3v) is 3.47. The molecule has 0 amide bonds. The summed E-state index contributed by atoms with van der Waals surface area (Å²) in [5, 5.41) is 0.204. The number of aromatic nitrogens is 2. The van der Waals surface area contributed by atoms with Crippen molar-refractivity contribution in [2.24, 2.45) is 0 Å². The van der Waals surface area contributed by atoms with Gasteiger partial charge < -0.3 is 9.47 Å². The van der Waals surface area contributed by atoms with Crippen LogP contribution >= 0.6 is 11.6 Å². The van der Waals surface area contributed by atoms with Gasteiger partial charge in [-0.1, -0.05) is 11.6 Å². The van der Waals surface area contributed by atoms with E-state index >= 15 is 0 Å². The van der Waals surface area contributed by atoms with Crippen molar-refractivity contribution in [2.45, 2.75) is 19.3 Å². The summed E-state index contributed by atoms with van der Waals surface area (Å²) in [6.07, 6.45) is 1.26. The van der Waals surface area contributed by atoms with E-state index in [2.05, 4.69) is 9.97 Å². The third-order valence-electron chi connectivity index (χ3n) is 2.35. The van der Waals surface area contributed by atoms with E-state index in [0.717, 1.165) is 0 Å². The van der Waals surface area contributed by atoms with Crippen molar-refractivity contribution in [1.29, 1.82) is 0 Å². The van der Waals surface area contributed by atoms with Gasteiger partial charge in [-0.25, -0.2) is 0 Å². The van der Waals surface area contributed by atoms with E-state index in [1.807, 2.05) is 0 Å². The summed E-state index contributed by atoms with van der Waals surface area (Å²) in [6.45, 7) is 0. The fourth-order valence-electron chi connectivity index (χ4n) is 1.48. The van der Waals surface area contributed by atoms with Gasteiger partial charge in [0.1, 0.15) is 5.15 Å². The first-order valence-electron chi connectivity index (χ1n) is 5.47. The van der Waals surface area contributed by atoms with E-state index in [1.54, 1.807) is 0 Å². The van der Waals surface area contributed by atoms with Gasteiger partial charge in [-0.2, -0.15) is 18.4 Å². The van der Waals surface area contributed by atoms with Crippen LogP contribution in [0.25, 0.3) is 0 Å². The van der Waals surface area contributed by atoms with Crippen molar-refractivity contribution in [2.75, 3.05) is 20.0 Å². The van der Waals surface area contributed by atoms with Gasteiger partial charge in [0, 0.05) is 0 Å². The standard InChI is InChI=1S/C10H15ClN2O5S/c1-17-9-7(5-3-4-6-19(14,15)16)8(11)12-10(13-9)18-2/h3-6H2,1-2H3,(H,14,15,16). The number of hydrogen-bond acceptors (Lipinski definition) is 6. The van der Waals surface area contributed by atoms with E-state index in [1.165, 1.54) is 14.2 Å². The number of unbranched alkanes of at least 4 members (excludes halogenated alkanes) is 1. The van der Waals surface area contributed by atoms with Crippen LogP contribution in [0.3, 0.4) is 0 Å². The zero-order valence-electron chi connectivity index (χ0n) is 10.6. The number of ether oxygens (including phenoxy) is 2. The summed E-state index contributed by atoms with van der Waals surface area (Å²) in [7, 11) is -1.07. The monoisotopic (exact) mass is 310 g/mol. The normalized spacial score (nSPS) is 11.4. The van der Waals surface area contributed by atoms with E-state index in [9.17, 15) is 8.42 Å². The lowest BCUT2D eigenvalue weighted by molar-refractivity contribution is 0.348. The van der Waals surface area contributed by atoms with Crippen LogP contribution in [0.2, 0.25) is 5.15 Å². The molecule has 0 aliphatic rings. The second-order valence-corrected chi connectivity index (χ2v) is 5.66. The number of methoxy groups -OCH3 is 2. The molecule has 0 radical (unpaired) electrons. The van der Waals surface area contributed by atoms with Crippen LogP contribution in [0.4, 0.5) is 0 Å². The first-order chi connectivity index (χ1) is 8.87. The molecule has 19 heavy (non-hydrogen) atoms. The van der Waals surface area contributed by atoms with Gasteiger partial charge in [0.2, 0.25) is 5.88 Å². The minimum atomic E-state index is -3.93. The van der Waals surface area contributed by atoms with Gasteiger partial charge in [0.15, 0.2) is 0 Å². The second kappa shape index (κ2) is 6.88. The molecule has 1 aromatic rings. The molecular formula is C10H15ClN2O5S. The largest absolute Gasteiger partial charge is 0.481 e. The van der Waals surface area contributed by atoms with Crippen molar-refractivity contribution in [3.63, 3.8) is 0 Å². The van der Waals surface area contributed by atoms with Crippen LogP contribution in [0.1, 0.15) is 18.4 Å². The summed E-state index contributed by atoms with van der Waals surface area (Å²) < 4.78 is 39.7. The highest BCUT2D eigenvalue weighted by atomic mass is 35.5. The zero-order chi connectivity index (χ0) is 14.5. The van der Waals surface area contributed by atoms with E-state index in [0.29, 0.717) is 30.7 Å². The predicted octanol–water partition coefficient (Wildman–Crippen LogP) is 1.36. The lowest BCUT2D eigenvalue weighted by Crippen LogP contribution is -2.05. The van der Waals surface area contributed by atoms with Crippen LogP contribution in [0.5, 0.6) is 11.9 Å². The molecule has 0 atom stereocenters. The van der Waals surface area contributed by atoms with Crippen LogP contribution in [0.15, 0.2) is 0 Å². The first kappa shape index (κ1) is 15.9. The van der Waals surface area contributed by atoms with Gasteiger partial charge >= 0.3 is 6.01 Å². The van der Waals surface area contributed by atoms with Gasteiger partial charge in [-0.3, -0.25) is 4.55 Å². The average Bonchev–Trinajstić information content (AvgIpc) is 2.34. The molecule has 0 spiro atoms. The number of hydrogen-bond donors (Lipinski definition) is 1. The van der Waals surface area contributed by atoms with Gasteiger partial charge in [-0.15, -0.1) is 0 Å². The molecule has 9 heteroatoms. The predicted molar refractivity (Wildman–Crippen MR) is 69.5 cm³/mol. The molecule has 0 fully saturated rings. The Kier molecular flexibility index (Phi) is 5.77. The maximum absolute atomic E-state index is 10.6. The molecule has 1 aromatic heterocycles. The van der Waals surface area contributed by atoms with E-state index in [-0.39, 0.29) is 16.9 Å².